The maximum Gasteiger partial charge on any atom is 0.159 e. The Labute approximate surface area is 530 Å². The van der Waals surface area contributed by atoms with Crippen LogP contribution < -0.4 is 9.80 Å². The van der Waals surface area contributed by atoms with Crippen LogP contribution in [0.1, 0.15) is 163 Å². The lowest BCUT2D eigenvalue weighted by molar-refractivity contribution is 0.445. The second kappa shape index (κ2) is 23.0. The van der Waals surface area contributed by atoms with Gasteiger partial charge in [-0.1, -0.05) is 238 Å². The van der Waals surface area contributed by atoms with Gasteiger partial charge in [0.1, 0.15) is 11.2 Å². The molecule has 2 fully saturated rings. The summed E-state index contributed by atoms with van der Waals surface area (Å²) in [5, 5.41) is 12.5. The van der Waals surface area contributed by atoms with Gasteiger partial charge in [0.15, 0.2) is 11.2 Å². The molecule has 2 aliphatic rings. The van der Waals surface area contributed by atoms with Crippen molar-refractivity contribution in [1.29, 1.82) is 0 Å². The summed E-state index contributed by atoms with van der Waals surface area (Å²) in [5.74, 6) is 1.62. The quantitative estimate of drug-likeness (QED) is 0.102. The van der Waals surface area contributed by atoms with Crippen molar-refractivity contribution in [2.24, 2.45) is 0 Å². The van der Waals surface area contributed by atoms with E-state index in [0.29, 0.717) is 23.7 Å². The van der Waals surface area contributed by atoms with E-state index in [9.17, 15) is 0 Å². The van der Waals surface area contributed by atoms with Crippen LogP contribution in [0.15, 0.2) is 215 Å². The SMILES string of the molecule is CCc1ccccc1-c1cccc2c1oc1c(N(c3ccc(C(C)C)cc3)c3cc(C4CCCCC4)c4ccc5c(N(c6ccc(C(C)C)cc6)c6cccc7c6oc6c(-c8ccccc8CC)cccc67)cc(C6CCCCC6)c6ccc3c4c65)cccc12. The van der Waals surface area contributed by atoms with Crippen molar-refractivity contribution in [3.63, 3.8) is 0 Å². The normalized spacial score (nSPS) is 14.5. The van der Waals surface area contributed by atoms with E-state index in [2.05, 4.69) is 258 Å². The zero-order valence-corrected chi connectivity index (χ0v) is 53.1. The van der Waals surface area contributed by atoms with Crippen molar-refractivity contribution in [3.8, 4) is 22.3 Å². The molecule has 0 unspecified atom stereocenters. The second-order valence-corrected chi connectivity index (χ2v) is 26.8. The van der Waals surface area contributed by atoms with Crippen LogP contribution in [-0.4, -0.2) is 0 Å². The molecular weight excluding hydrogens is 1090 g/mol. The average molecular weight is 1170 g/mol. The molecule has 12 aromatic carbocycles. The van der Waals surface area contributed by atoms with E-state index < -0.39 is 0 Å². The first-order chi connectivity index (χ1) is 44.2. The van der Waals surface area contributed by atoms with E-state index in [-0.39, 0.29) is 0 Å². The second-order valence-electron chi connectivity index (χ2n) is 26.8. The highest BCUT2D eigenvalue weighted by atomic mass is 16.3. The van der Waals surface area contributed by atoms with E-state index in [0.717, 1.165) is 90.6 Å². The van der Waals surface area contributed by atoms with Crippen LogP contribution in [-0.2, 0) is 12.8 Å². The van der Waals surface area contributed by atoms with Crippen LogP contribution in [0.2, 0.25) is 0 Å². The molecule has 90 heavy (non-hydrogen) atoms. The van der Waals surface area contributed by atoms with Crippen LogP contribution in [0, 0.1) is 0 Å². The Morgan fingerprint density at radius 3 is 1.08 bits per heavy atom. The third-order valence-corrected chi connectivity index (χ3v) is 21.0. The van der Waals surface area contributed by atoms with Crippen LogP contribution in [0.25, 0.3) is 98.4 Å². The van der Waals surface area contributed by atoms with Gasteiger partial charge in [-0.3, -0.25) is 0 Å². The fraction of sp³-hybridized carbons (Fsp3) is 0.256. The van der Waals surface area contributed by atoms with Crippen molar-refractivity contribution < 1.29 is 8.83 Å². The summed E-state index contributed by atoms with van der Waals surface area (Å²) < 4.78 is 15.0. The number of furan rings is 2. The highest BCUT2D eigenvalue weighted by molar-refractivity contribution is 6.30. The molecule has 2 saturated carbocycles. The summed E-state index contributed by atoms with van der Waals surface area (Å²) in [7, 11) is 0. The fourth-order valence-electron chi connectivity index (χ4n) is 16.3. The van der Waals surface area contributed by atoms with Gasteiger partial charge in [-0.15, -0.1) is 0 Å². The molecule has 0 bridgehead atoms. The molecule has 0 atom stereocenters. The maximum absolute atomic E-state index is 7.49. The Morgan fingerprint density at radius 2 is 0.689 bits per heavy atom. The molecule has 2 heterocycles. The first-order valence-electron chi connectivity index (χ1n) is 33.9. The zero-order chi connectivity index (χ0) is 60.7. The largest absolute Gasteiger partial charge is 0.453 e. The predicted molar refractivity (Wildman–Crippen MR) is 384 cm³/mol. The van der Waals surface area contributed by atoms with Crippen molar-refractivity contribution in [2.45, 2.75) is 142 Å². The van der Waals surface area contributed by atoms with Crippen molar-refractivity contribution in [3.05, 3.63) is 240 Å². The summed E-state index contributed by atoms with van der Waals surface area (Å²) >= 11 is 0. The summed E-state index contributed by atoms with van der Waals surface area (Å²) in [6.07, 6.45) is 14.1. The number of para-hydroxylation sites is 4. The minimum Gasteiger partial charge on any atom is -0.453 e. The lowest BCUT2D eigenvalue weighted by Gasteiger charge is -2.33. The minimum absolute atomic E-state index is 0.392. The van der Waals surface area contributed by atoms with Gasteiger partial charge in [-0.2, -0.15) is 0 Å². The first-order valence-corrected chi connectivity index (χ1v) is 33.9. The minimum atomic E-state index is 0.392. The average Bonchev–Trinajstić information content (AvgIpc) is 0.885. The van der Waals surface area contributed by atoms with E-state index in [1.165, 1.54) is 152 Å². The molecule has 16 rings (SSSR count). The van der Waals surface area contributed by atoms with Crippen LogP contribution in [0.4, 0.5) is 34.1 Å². The number of fused-ring (bicyclic) bond motifs is 6. The number of hydrogen-bond acceptors (Lipinski definition) is 4. The molecular formula is C86H80N2O2. The molecule has 2 aliphatic carbocycles. The van der Waals surface area contributed by atoms with Gasteiger partial charge in [0.25, 0.3) is 0 Å². The van der Waals surface area contributed by atoms with Crippen molar-refractivity contribution in [2.75, 3.05) is 9.80 Å². The molecule has 0 aliphatic heterocycles. The number of anilines is 6. The number of rotatable bonds is 14. The standard InChI is InChI=1S/C86H80N2O2/c1-7-55-23-15-17-29-63(55)67-31-19-33-69-71-35-21-37-77(85(71)89-83(67)69)87(61-43-39-57(40-44-61)53(3)4)79-51-75(59-25-11-9-12-26-59)65-48-50-74-80(52-76(60-27-13-10-14-28-60)66-47-49-73(79)81(65)82(66)74)88(62-45-41-58(42-46-62)54(5)6)78-38-22-36-72-70-34-20-32-68(84(70)90-86(72)78)64-30-18-16-24-56(64)8-2/h15-24,29-54,59-60H,7-14,25-28H2,1-6H3. The van der Waals surface area contributed by atoms with Gasteiger partial charge in [0.2, 0.25) is 0 Å². The third kappa shape index (κ3) is 9.29. The maximum atomic E-state index is 7.49. The number of nitrogens with zero attached hydrogens (tertiary/aromatic N) is 2. The summed E-state index contributed by atoms with van der Waals surface area (Å²) in [5.41, 5.74) is 23.3. The highest BCUT2D eigenvalue weighted by Gasteiger charge is 2.32. The van der Waals surface area contributed by atoms with Crippen molar-refractivity contribution in [1.82, 2.24) is 0 Å². The molecule has 14 aromatic rings. The Morgan fingerprint density at radius 1 is 0.333 bits per heavy atom. The molecule has 0 amide bonds. The van der Waals surface area contributed by atoms with Gasteiger partial charge in [0.05, 0.1) is 22.7 Å². The Hall–Kier alpha value is -9.12. The molecule has 4 heteroatoms. The zero-order valence-electron chi connectivity index (χ0n) is 53.1. The van der Waals surface area contributed by atoms with Gasteiger partial charge in [-0.25, -0.2) is 0 Å². The number of benzene rings is 12. The number of hydrogen-bond donors (Lipinski definition) is 0. The molecule has 4 nitrogen and oxygen atoms in total. The highest BCUT2D eigenvalue weighted by Crippen LogP contribution is 2.55. The summed E-state index contributed by atoms with van der Waals surface area (Å²) in [6, 6.07) is 78.9. The molecule has 0 saturated heterocycles. The van der Waals surface area contributed by atoms with Gasteiger partial charge in [0, 0.05) is 54.8 Å². The molecule has 446 valence electrons. The lowest BCUT2D eigenvalue weighted by Crippen LogP contribution is -2.15. The van der Waals surface area contributed by atoms with Gasteiger partial charge < -0.3 is 18.6 Å². The van der Waals surface area contributed by atoms with E-state index in [1.54, 1.807) is 0 Å². The van der Waals surface area contributed by atoms with Crippen LogP contribution in [0.5, 0.6) is 0 Å². The number of aryl methyl sites for hydroxylation is 2. The fourth-order valence-corrected chi connectivity index (χ4v) is 16.3. The first kappa shape index (κ1) is 56.1. The molecule has 0 N–H and O–H groups in total. The Balaban J connectivity index is 1.01. The van der Waals surface area contributed by atoms with Crippen LogP contribution >= 0.6 is 0 Å². The van der Waals surface area contributed by atoms with Crippen molar-refractivity contribution >= 4 is 110 Å². The molecule has 2 aromatic heterocycles. The van der Waals surface area contributed by atoms with Gasteiger partial charge >= 0.3 is 0 Å². The predicted octanol–water partition coefficient (Wildman–Crippen LogP) is 26.1. The molecule has 0 radical (unpaired) electrons. The summed E-state index contributed by atoms with van der Waals surface area (Å²) in [6.45, 7) is 13.7. The lowest BCUT2D eigenvalue weighted by atomic mass is 9.77. The third-order valence-electron chi connectivity index (χ3n) is 21.0. The van der Waals surface area contributed by atoms with E-state index in [4.69, 9.17) is 8.83 Å². The Bertz CT molecular complexity index is 4690. The van der Waals surface area contributed by atoms with E-state index in [1.807, 2.05) is 0 Å². The monoisotopic (exact) mass is 1170 g/mol. The summed E-state index contributed by atoms with van der Waals surface area (Å²) in [4.78, 5) is 5.15. The van der Waals surface area contributed by atoms with E-state index >= 15 is 0 Å². The van der Waals surface area contributed by atoms with Crippen LogP contribution in [0.3, 0.4) is 0 Å². The molecule has 0 spiro atoms. The Kier molecular flexibility index (Phi) is 14.4. The topological polar surface area (TPSA) is 32.8 Å². The van der Waals surface area contributed by atoms with Gasteiger partial charge in [-0.05, 0) is 177 Å². The smallest absolute Gasteiger partial charge is 0.159 e.